The molecular formula is C20H21N3O4S. The van der Waals surface area contributed by atoms with Gasteiger partial charge >= 0.3 is 5.97 Å². The van der Waals surface area contributed by atoms with Gasteiger partial charge in [0.2, 0.25) is 5.56 Å². The van der Waals surface area contributed by atoms with Crippen LogP contribution in [0.1, 0.15) is 29.2 Å². The van der Waals surface area contributed by atoms with Crippen molar-refractivity contribution >= 4 is 29.3 Å². The fourth-order valence-electron chi connectivity index (χ4n) is 2.43. The van der Waals surface area contributed by atoms with E-state index in [1.54, 1.807) is 6.92 Å². The number of nitrogens with zero attached hydrogens (tertiary/aromatic N) is 1. The normalized spacial score (nSPS) is 11.4. The van der Waals surface area contributed by atoms with Crippen molar-refractivity contribution in [1.82, 2.24) is 4.98 Å². The Balaban J connectivity index is 1.96. The smallest absolute Gasteiger partial charge is 0.317 e. The maximum atomic E-state index is 12.3. The van der Waals surface area contributed by atoms with E-state index in [1.807, 2.05) is 38.1 Å². The van der Waals surface area contributed by atoms with E-state index in [4.69, 9.17) is 4.74 Å². The predicted molar refractivity (Wildman–Crippen MR) is 107 cm³/mol. The summed E-state index contributed by atoms with van der Waals surface area (Å²) in [5, 5.41) is 12.3. The maximum absolute atomic E-state index is 12.3. The average molecular weight is 399 g/mol. The van der Waals surface area contributed by atoms with Crippen LogP contribution in [0.2, 0.25) is 0 Å². The molecule has 0 bridgehead atoms. The molecule has 0 fully saturated rings. The minimum atomic E-state index is -0.986. The number of hydrogen-bond donors (Lipinski definition) is 2. The van der Waals surface area contributed by atoms with Gasteiger partial charge in [0.15, 0.2) is 6.10 Å². The van der Waals surface area contributed by atoms with Crippen LogP contribution < -0.4 is 10.9 Å². The number of aryl methyl sites for hydroxylation is 3. The number of hydrogen-bond acceptors (Lipinski definition) is 6. The lowest BCUT2D eigenvalue weighted by Gasteiger charge is -2.15. The fourth-order valence-corrected chi connectivity index (χ4v) is 3.28. The zero-order chi connectivity index (χ0) is 20.8. The van der Waals surface area contributed by atoms with E-state index in [0.29, 0.717) is 21.8 Å². The Bertz CT molecular complexity index is 1010. The molecule has 2 aromatic rings. The first-order valence-corrected chi connectivity index (χ1v) is 9.54. The van der Waals surface area contributed by atoms with Gasteiger partial charge in [-0.05, 0) is 50.5 Å². The molecule has 0 spiro atoms. The molecule has 1 amide bonds. The molecule has 0 aliphatic heterocycles. The standard InChI is InChI=1S/C20H21N3O4S/c1-11-5-6-12(2)16(7-11)22-19(26)14(4)27-18(25)10-28-20-15(9-21)13(3)8-17(24)23-20/h5-8,14H,10H2,1-4H3,(H,22,26)(H,23,24)/t14-/m1/s1. The number of aromatic amines is 1. The van der Waals surface area contributed by atoms with Crippen LogP contribution in [0.15, 0.2) is 34.1 Å². The molecule has 0 radical (unpaired) electrons. The number of ether oxygens (including phenoxy) is 1. The molecule has 2 N–H and O–H groups in total. The third-order valence-corrected chi connectivity index (χ3v) is 4.96. The summed E-state index contributed by atoms with van der Waals surface area (Å²) in [7, 11) is 0. The van der Waals surface area contributed by atoms with Crippen LogP contribution in [-0.2, 0) is 14.3 Å². The van der Waals surface area contributed by atoms with E-state index < -0.39 is 18.0 Å². The number of anilines is 1. The summed E-state index contributed by atoms with van der Waals surface area (Å²) in [5.41, 5.74) is 3.05. The molecule has 1 atom stereocenters. The van der Waals surface area contributed by atoms with Gasteiger partial charge < -0.3 is 15.0 Å². The van der Waals surface area contributed by atoms with Crippen LogP contribution in [-0.4, -0.2) is 28.7 Å². The summed E-state index contributed by atoms with van der Waals surface area (Å²) in [5.74, 6) is -1.21. The first kappa shape index (κ1) is 21.3. The van der Waals surface area contributed by atoms with Crippen LogP contribution >= 0.6 is 11.8 Å². The van der Waals surface area contributed by atoms with Gasteiger partial charge in [0.1, 0.15) is 6.07 Å². The Hall–Kier alpha value is -3.05. The average Bonchev–Trinajstić information content (AvgIpc) is 2.62. The topological polar surface area (TPSA) is 112 Å². The summed E-state index contributed by atoms with van der Waals surface area (Å²) in [6.45, 7) is 6.92. The van der Waals surface area contributed by atoms with E-state index in [9.17, 15) is 19.6 Å². The molecule has 0 saturated carbocycles. The first-order valence-electron chi connectivity index (χ1n) is 8.55. The minimum absolute atomic E-state index is 0.144. The number of benzene rings is 1. The van der Waals surface area contributed by atoms with Crippen molar-refractivity contribution in [2.24, 2.45) is 0 Å². The molecule has 1 aromatic carbocycles. The van der Waals surface area contributed by atoms with Crippen LogP contribution in [0.3, 0.4) is 0 Å². The lowest BCUT2D eigenvalue weighted by Crippen LogP contribution is -2.30. The highest BCUT2D eigenvalue weighted by Gasteiger charge is 2.19. The van der Waals surface area contributed by atoms with E-state index in [2.05, 4.69) is 10.3 Å². The highest BCUT2D eigenvalue weighted by Crippen LogP contribution is 2.21. The molecule has 0 saturated heterocycles. The molecule has 2 rings (SSSR count). The van der Waals surface area contributed by atoms with Crippen molar-refractivity contribution in [1.29, 1.82) is 5.26 Å². The largest absolute Gasteiger partial charge is 0.452 e. The van der Waals surface area contributed by atoms with E-state index in [1.165, 1.54) is 13.0 Å². The van der Waals surface area contributed by atoms with Gasteiger partial charge in [-0.2, -0.15) is 5.26 Å². The third-order valence-electron chi connectivity index (χ3n) is 3.98. The number of esters is 1. The Morgan fingerprint density at radius 1 is 1.25 bits per heavy atom. The van der Waals surface area contributed by atoms with Crippen molar-refractivity contribution in [3.8, 4) is 6.07 Å². The number of thioether (sulfide) groups is 1. The van der Waals surface area contributed by atoms with E-state index in [0.717, 1.165) is 22.9 Å². The van der Waals surface area contributed by atoms with Crippen molar-refractivity contribution in [2.45, 2.75) is 38.8 Å². The second-order valence-corrected chi connectivity index (χ2v) is 7.35. The fraction of sp³-hybridized carbons (Fsp3) is 0.300. The predicted octanol–water partition coefficient (Wildman–Crippen LogP) is 2.83. The SMILES string of the molecule is Cc1ccc(C)c(NC(=O)[C@@H](C)OC(=O)CSc2[nH]c(=O)cc(C)c2C#N)c1. The molecule has 1 heterocycles. The number of rotatable bonds is 6. The summed E-state index contributed by atoms with van der Waals surface area (Å²) in [6.07, 6.45) is -0.986. The van der Waals surface area contributed by atoms with Crippen molar-refractivity contribution in [3.63, 3.8) is 0 Å². The van der Waals surface area contributed by atoms with Crippen LogP contribution in [0.5, 0.6) is 0 Å². The molecule has 8 heteroatoms. The highest BCUT2D eigenvalue weighted by molar-refractivity contribution is 7.99. The van der Waals surface area contributed by atoms with Gasteiger partial charge in [-0.3, -0.25) is 14.4 Å². The monoisotopic (exact) mass is 399 g/mol. The van der Waals surface area contributed by atoms with Crippen molar-refractivity contribution in [2.75, 3.05) is 11.1 Å². The maximum Gasteiger partial charge on any atom is 0.317 e. The number of pyridine rings is 1. The molecule has 146 valence electrons. The van der Waals surface area contributed by atoms with Gasteiger partial charge in [0.25, 0.3) is 5.91 Å². The Kier molecular flexibility index (Phi) is 7.01. The number of carbonyl (C=O) groups is 2. The summed E-state index contributed by atoms with van der Waals surface area (Å²) in [6, 6.07) is 9.00. The number of nitriles is 1. The van der Waals surface area contributed by atoms with Gasteiger partial charge in [-0.1, -0.05) is 23.9 Å². The molecule has 1 aromatic heterocycles. The Morgan fingerprint density at radius 2 is 1.96 bits per heavy atom. The van der Waals surface area contributed by atoms with Crippen LogP contribution in [0.25, 0.3) is 0 Å². The lowest BCUT2D eigenvalue weighted by atomic mass is 10.1. The van der Waals surface area contributed by atoms with Crippen molar-refractivity contribution in [3.05, 3.63) is 56.9 Å². The van der Waals surface area contributed by atoms with Gasteiger partial charge in [0.05, 0.1) is 16.3 Å². The summed E-state index contributed by atoms with van der Waals surface area (Å²) < 4.78 is 5.16. The quantitative estimate of drug-likeness (QED) is 0.571. The molecule has 0 unspecified atom stereocenters. The number of carbonyl (C=O) groups excluding carboxylic acids is 2. The zero-order valence-electron chi connectivity index (χ0n) is 16.1. The van der Waals surface area contributed by atoms with Crippen LogP contribution in [0.4, 0.5) is 5.69 Å². The minimum Gasteiger partial charge on any atom is -0.452 e. The highest BCUT2D eigenvalue weighted by atomic mass is 32.2. The number of amides is 1. The summed E-state index contributed by atoms with van der Waals surface area (Å²) in [4.78, 5) is 38.5. The van der Waals surface area contributed by atoms with Gasteiger partial charge in [0, 0.05) is 11.8 Å². The molecule has 28 heavy (non-hydrogen) atoms. The lowest BCUT2D eigenvalue weighted by molar-refractivity contribution is -0.150. The third kappa shape index (κ3) is 5.47. The van der Waals surface area contributed by atoms with Crippen LogP contribution in [0, 0.1) is 32.1 Å². The summed E-state index contributed by atoms with van der Waals surface area (Å²) >= 11 is 0.986. The molecule has 0 aliphatic carbocycles. The number of aromatic nitrogens is 1. The van der Waals surface area contributed by atoms with Crippen molar-refractivity contribution < 1.29 is 14.3 Å². The zero-order valence-corrected chi connectivity index (χ0v) is 16.9. The number of nitrogens with one attached hydrogen (secondary N) is 2. The Labute approximate surface area is 167 Å². The van der Waals surface area contributed by atoms with Gasteiger partial charge in [-0.15, -0.1) is 0 Å². The molecule has 0 aliphatic rings. The number of H-pyrrole nitrogens is 1. The van der Waals surface area contributed by atoms with Gasteiger partial charge in [-0.25, -0.2) is 0 Å². The second-order valence-electron chi connectivity index (χ2n) is 6.36. The first-order chi connectivity index (χ1) is 13.2. The second kappa shape index (κ2) is 9.24. The van der Waals surface area contributed by atoms with E-state index in [-0.39, 0.29) is 11.3 Å². The van der Waals surface area contributed by atoms with E-state index >= 15 is 0 Å². The molecule has 7 nitrogen and oxygen atoms in total. The Morgan fingerprint density at radius 3 is 2.64 bits per heavy atom. The molecular weight excluding hydrogens is 378 g/mol.